The summed E-state index contributed by atoms with van der Waals surface area (Å²) in [5.41, 5.74) is 0. The largest absolute Gasteiger partial charge is 0.384 e. The lowest BCUT2D eigenvalue weighted by Crippen LogP contribution is -2.36. The van der Waals surface area contributed by atoms with Gasteiger partial charge in [-0.1, -0.05) is 0 Å². The van der Waals surface area contributed by atoms with Crippen LogP contribution in [0.15, 0.2) is 6.20 Å². The van der Waals surface area contributed by atoms with E-state index in [0.29, 0.717) is 17.7 Å². The van der Waals surface area contributed by atoms with Crippen LogP contribution < -0.4 is 10.2 Å². The number of nitrogens with one attached hydrogen (secondary N) is 1. The maximum absolute atomic E-state index is 13.7. The quantitative estimate of drug-likeness (QED) is 0.883. The first kappa shape index (κ1) is 13.0. The van der Waals surface area contributed by atoms with E-state index in [4.69, 9.17) is 4.74 Å². The summed E-state index contributed by atoms with van der Waals surface area (Å²) < 4.78 is 18.9. The minimum absolute atomic E-state index is 0.362. The molecule has 5 nitrogen and oxygen atoms in total. The van der Waals surface area contributed by atoms with Gasteiger partial charge >= 0.3 is 0 Å². The maximum atomic E-state index is 13.7. The standard InChI is InChI=1S/C12H19FN4O/c1-14-12-15-7-10(13)11(16-12)17-5-3-9(4-6-17)8-18-2/h7,9H,3-6,8H2,1-2H3,(H,14,15,16). The predicted molar refractivity (Wildman–Crippen MR) is 68.3 cm³/mol. The molecule has 1 aromatic heterocycles. The molecule has 18 heavy (non-hydrogen) atoms. The van der Waals surface area contributed by atoms with Gasteiger partial charge in [0.25, 0.3) is 0 Å². The first-order chi connectivity index (χ1) is 8.74. The van der Waals surface area contributed by atoms with Crippen molar-refractivity contribution >= 4 is 11.8 Å². The molecule has 2 heterocycles. The van der Waals surface area contributed by atoms with Crippen molar-refractivity contribution in [3.8, 4) is 0 Å². The molecule has 0 unspecified atom stereocenters. The highest BCUT2D eigenvalue weighted by Gasteiger charge is 2.22. The van der Waals surface area contributed by atoms with Crippen LogP contribution in [-0.2, 0) is 4.74 Å². The third kappa shape index (κ3) is 2.87. The van der Waals surface area contributed by atoms with Crippen molar-refractivity contribution in [3.63, 3.8) is 0 Å². The van der Waals surface area contributed by atoms with E-state index in [-0.39, 0.29) is 5.82 Å². The molecule has 1 saturated heterocycles. The van der Waals surface area contributed by atoms with E-state index in [0.717, 1.165) is 32.5 Å². The van der Waals surface area contributed by atoms with Gasteiger partial charge in [0.15, 0.2) is 11.6 Å². The molecule has 0 aliphatic carbocycles. The van der Waals surface area contributed by atoms with Crippen LogP contribution in [0.2, 0.25) is 0 Å². The number of aromatic nitrogens is 2. The van der Waals surface area contributed by atoms with Crippen molar-refractivity contribution < 1.29 is 9.13 Å². The van der Waals surface area contributed by atoms with Crippen molar-refractivity contribution in [2.24, 2.45) is 5.92 Å². The molecule has 1 aliphatic rings. The fourth-order valence-electron chi connectivity index (χ4n) is 2.25. The molecule has 0 aromatic carbocycles. The first-order valence-electron chi connectivity index (χ1n) is 6.18. The second kappa shape index (κ2) is 5.95. The summed E-state index contributed by atoms with van der Waals surface area (Å²) in [6.07, 6.45) is 3.23. The number of anilines is 2. The van der Waals surface area contributed by atoms with E-state index in [2.05, 4.69) is 15.3 Å². The lowest BCUT2D eigenvalue weighted by Gasteiger charge is -2.32. The van der Waals surface area contributed by atoms with Gasteiger partial charge in [-0.15, -0.1) is 0 Å². The van der Waals surface area contributed by atoms with E-state index in [1.54, 1.807) is 14.2 Å². The fraction of sp³-hybridized carbons (Fsp3) is 0.667. The number of hydrogen-bond donors (Lipinski definition) is 1. The summed E-state index contributed by atoms with van der Waals surface area (Å²) in [6, 6.07) is 0. The van der Waals surface area contributed by atoms with E-state index in [9.17, 15) is 4.39 Å². The topological polar surface area (TPSA) is 50.3 Å². The Morgan fingerprint density at radius 1 is 1.50 bits per heavy atom. The van der Waals surface area contributed by atoms with Gasteiger partial charge in [-0.05, 0) is 18.8 Å². The Bertz CT molecular complexity index is 394. The van der Waals surface area contributed by atoms with Crippen molar-refractivity contribution in [2.75, 3.05) is 44.1 Å². The summed E-state index contributed by atoms with van der Waals surface area (Å²) in [6.45, 7) is 2.40. The second-order valence-corrected chi connectivity index (χ2v) is 4.50. The van der Waals surface area contributed by atoms with E-state index in [1.807, 2.05) is 4.90 Å². The number of ether oxygens (including phenoxy) is 1. The van der Waals surface area contributed by atoms with Crippen LogP contribution in [0.25, 0.3) is 0 Å². The first-order valence-corrected chi connectivity index (χ1v) is 6.18. The van der Waals surface area contributed by atoms with Gasteiger partial charge < -0.3 is 15.0 Å². The van der Waals surface area contributed by atoms with Crippen LogP contribution in [0.1, 0.15) is 12.8 Å². The average molecular weight is 254 g/mol. The second-order valence-electron chi connectivity index (χ2n) is 4.50. The van der Waals surface area contributed by atoms with Crippen molar-refractivity contribution in [1.82, 2.24) is 9.97 Å². The maximum Gasteiger partial charge on any atom is 0.224 e. The Morgan fingerprint density at radius 3 is 2.83 bits per heavy atom. The Morgan fingerprint density at radius 2 is 2.22 bits per heavy atom. The number of nitrogens with zero attached hydrogens (tertiary/aromatic N) is 3. The summed E-state index contributed by atoms with van der Waals surface area (Å²) in [7, 11) is 3.44. The zero-order valence-corrected chi connectivity index (χ0v) is 10.8. The molecule has 1 aliphatic heterocycles. The van der Waals surface area contributed by atoms with Gasteiger partial charge in [-0.2, -0.15) is 4.98 Å². The molecule has 0 saturated carbocycles. The van der Waals surface area contributed by atoms with Gasteiger partial charge in [-0.25, -0.2) is 9.37 Å². The fourth-order valence-corrected chi connectivity index (χ4v) is 2.25. The van der Waals surface area contributed by atoms with Crippen LogP contribution >= 0.6 is 0 Å². The molecule has 0 radical (unpaired) electrons. The SMILES string of the molecule is CNc1ncc(F)c(N2CCC(COC)CC2)n1. The minimum atomic E-state index is -0.362. The molecule has 1 N–H and O–H groups in total. The highest BCUT2D eigenvalue weighted by molar-refractivity contribution is 5.44. The Kier molecular flexibility index (Phi) is 4.30. The average Bonchev–Trinajstić information content (AvgIpc) is 2.41. The molecule has 1 fully saturated rings. The summed E-state index contributed by atoms with van der Waals surface area (Å²) in [5, 5.41) is 2.83. The number of halogens is 1. The molecule has 100 valence electrons. The smallest absolute Gasteiger partial charge is 0.224 e. The van der Waals surface area contributed by atoms with Crippen LogP contribution in [0.4, 0.5) is 16.2 Å². The summed E-state index contributed by atoms with van der Waals surface area (Å²) in [5.74, 6) is 1.05. The number of hydrogen-bond acceptors (Lipinski definition) is 5. The highest BCUT2D eigenvalue weighted by atomic mass is 19.1. The lowest BCUT2D eigenvalue weighted by molar-refractivity contribution is 0.139. The van der Waals surface area contributed by atoms with E-state index >= 15 is 0 Å². The number of methoxy groups -OCH3 is 1. The molecule has 0 amide bonds. The van der Waals surface area contributed by atoms with Gasteiger partial charge in [0.2, 0.25) is 5.95 Å². The van der Waals surface area contributed by atoms with Crippen molar-refractivity contribution in [1.29, 1.82) is 0 Å². The molecular weight excluding hydrogens is 235 g/mol. The number of rotatable bonds is 4. The van der Waals surface area contributed by atoms with Crippen LogP contribution in [0.3, 0.4) is 0 Å². The zero-order chi connectivity index (χ0) is 13.0. The summed E-state index contributed by atoms with van der Waals surface area (Å²) in [4.78, 5) is 10.0. The Labute approximate surface area is 106 Å². The molecule has 1 aromatic rings. The monoisotopic (exact) mass is 254 g/mol. The lowest BCUT2D eigenvalue weighted by atomic mass is 9.98. The number of piperidine rings is 1. The predicted octanol–water partition coefficient (Wildman–Crippen LogP) is 1.52. The van der Waals surface area contributed by atoms with Crippen molar-refractivity contribution in [3.05, 3.63) is 12.0 Å². The summed E-state index contributed by atoms with van der Waals surface area (Å²) >= 11 is 0. The minimum Gasteiger partial charge on any atom is -0.384 e. The van der Waals surface area contributed by atoms with Crippen LogP contribution in [0.5, 0.6) is 0 Å². The highest BCUT2D eigenvalue weighted by Crippen LogP contribution is 2.24. The molecule has 0 atom stereocenters. The molecule has 6 heteroatoms. The van der Waals surface area contributed by atoms with Gasteiger partial charge in [0.05, 0.1) is 6.20 Å². The molecule has 2 rings (SSSR count). The van der Waals surface area contributed by atoms with Crippen LogP contribution in [0, 0.1) is 11.7 Å². The van der Waals surface area contributed by atoms with Crippen molar-refractivity contribution in [2.45, 2.75) is 12.8 Å². The van der Waals surface area contributed by atoms with Crippen LogP contribution in [-0.4, -0.2) is 43.8 Å². The third-order valence-electron chi connectivity index (χ3n) is 3.27. The van der Waals surface area contributed by atoms with Gasteiger partial charge in [-0.3, -0.25) is 0 Å². The molecule has 0 spiro atoms. The molecule has 0 bridgehead atoms. The normalized spacial score (nSPS) is 16.9. The molecular formula is C12H19FN4O. The Balaban J connectivity index is 2.04. The zero-order valence-electron chi connectivity index (χ0n) is 10.8. The third-order valence-corrected chi connectivity index (χ3v) is 3.27. The van der Waals surface area contributed by atoms with E-state index < -0.39 is 0 Å². The van der Waals surface area contributed by atoms with E-state index in [1.165, 1.54) is 6.20 Å². The van der Waals surface area contributed by atoms with Gasteiger partial charge in [0, 0.05) is 33.9 Å². The Hall–Kier alpha value is -1.43. The van der Waals surface area contributed by atoms with Gasteiger partial charge in [0.1, 0.15) is 0 Å².